The molecule has 0 saturated carbocycles. The van der Waals surface area contributed by atoms with Gasteiger partial charge in [0.05, 0.1) is 5.56 Å². The standard InChI is InChI=1S/C11H8Cl2N4O2/c12-7-8(13)16-10(15-7)9(14)17-19-11(18)6-4-2-1-3-5-6/h1-5H,(H2,14,17)(H,15,16). The molecule has 0 atom stereocenters. The zero-order valence-electron chi connectivity index (χ0n) is 9.43. The molecule has 1 aromatic heterocycles. The lowest BCUT2D eigenvalue weighted by atomic mass is 10.2. The van der Waals surface area contributed by atoms with Crippen LogP contribution in [-0.2, 0) is 4.84 Å². The first-order chi connectivity index (χ1) is 9.08. The predicted molar refractivity (Wildman–Crippen MR) is 71.2 cm³/mol. The normalized spacial score (nSPS) is 11.4. The third-order valence-electron chi connectivity index (χ3n) is 2.10. The smallest absolute Gasteiger partial charge is 0.365 e. The van der Waals surface area contributed by atoms with E-state index in [1.165, 1.54) is 0 Å². The Hall–Kier alpha value is -2.05. The summed E-state index contributed by atoms with van der Waals surface area (Å²) in [4.78, 5) is 22.6. The van der Waals surface area contributed by atoms with Gasteiger partial charge in [-0.15, -0.1) is 0 Å². The highest BCUT2D eigenvalue weighted by Crippen LogP contribution is 2.17. The number of aromatic amines is 1. The largest absolute Gasteiger partial charge is 0.378 e. The number of aromatic nitrogens is 2. The van der Waals surface area contributed by atoms with Crippen LogP contribution in [0.2, 0.25) is 10.3 Å². The number of H-pyrrole nitrogens is 1. The van der Waals surface area contributed by atoms with E-state index in [4.69, 9.17) is 28.9 Å². The van der Waals surface area contributed by atoms with Gasteiger partial charge >= 0.3 is 5.97 Å². The summed E-state index contributed by atoms with van der Waals surface area (Å²) in [5.41, 5.74) is 5.92. The predicted octanol–water partition coefficient (Wildman–Crippen LogP) is 2.19. The number of halogens is 2. The molecule has 0 saturated heterocycles. The number of rotatable bonds is 3. The summed E-state index contributed by atoms with van der Waals surface area (Å²) in [6, 6.07) is 8.37. The minimum Gasteiger partial charge on any atom is -0.378 e. The molecule has 0 unspecified atom stereocenters. The van der Waals surface area contributed by atoms with E-state index in [1.54, 1.807) is 30.3 Å². The van der Waals surface area contributed by atoms with Crippen molar-refractivity contribution >= 4 is 35.0 Å². The third-order valence-corrected chi connectivity index (χ3v) is 2.74. The fraction of sp³-hybridized carbons (Fsp3) is 0. The molecule has 2 rings (SSSR count). The van der Waals surface area contributed by atoms with Crippen LogP contribution in [0, 0.1) is 0 Å². The number of nitrogens with two attached hydrogens (primary N) is 1. The summed E-state index contributed by atoms with van der Waals surface area (Å²) in [6.45, 7) is 0. The number of oxime groups is 1. The number of nitrogens with one attached hydrogen (secondary N) is 1. The van der Waals surface area contributed by atoms with Gasteiger partial charge in [-0.2, -0.15) is 0 Å². The fourth-order valence-electron chi connectivity index (χ4n) is 1.21. The molecule has 98 valence electrons. The number of benzene rings is 1. The summed E-state index contributed by atoms with van der Waals surface area (Å²) in [7, 11) is 0. The van der Waals surface area contributed by atoms with Crippen LogP contribution < -0.4 is 5.73 Å². The maximum Gasteiger partial charge on any atom is 0.365 e. The number of hydrogen-bond donors (Lipinski definition) is 2. The van der Waals surface area contributed by atoms with Crippen LogP contribution in [0.25, 0.3) is 0 Å². The van der Waals surface area contributed by atoms with E-state index in [1.807, 2.05) is 0 Å². The number of hydrogen-bond acceptors (Lipinski definition) is 4. The second-order valence-electron chi connectivity index (χ2n) is 3.41. The monoisotopic (exact) mass is 298 g/mol. The van der Waals surface area contributed by atoms with Gasteiger partial charge in [0, 0.05) is 0 Å². The van der Waals surface area contributed by atoms with E-state index in [2.05, 4.69) is 20.0 Å². The molecule has 0 spiro atoms. The van der Waals surface area contributed by atoms with Crippen LogP contribution in [0.15, 0.2) is 35.5 Å². The van der Waals surface area contributed by atoms with Crippen LogP contribution in [0.5, 0.6) is 0 Å². The minimum atomic E-state index is -0.632. The Kier molecular flexibility index (Phi) is 4.03. The topological polar surface area (TPSA) is 93.4 Å². The molecule has 0 radical (unpaired) electrons. The molecule has 2 aromatic rings. The summed E-state index contributed by atoms with van der Waals surface area (Å²) in [6.07, 6.45) is 0. The maximum atomic E-state index is 11.6. The lowest BCUT2D eigenvalue weighted by molar-refractivity contribution is 0.0516. The van der Waals surface area contributed by atoms with Gasteiger partial charge in [0.25, 0.3) is 0 Å². The van der Waals surface area contributed by atoms with Gasteiger partial charge in [-0.3, -0.25) is 0 Å². The Morgan fingerprint density at radius 2 is 2.00 bits per heavy atom. The van der Waals surface area contributed by atoms with Crippen molar-refractivity contribution in [1.82, 2.24) is 9.97 Å². The Labute approximate surface area is 118 Å². The van der Waals surface area contributed by atoms with Gasteiger partial charge in [-0.25, -0.2) is 9.78 Å². The highest BCUT2D eigenvalue weighted by atomic mass is 35.5. The SMILES string of the molecule is NC(=NOC(=O)c1ccccc1)c1nc(Cl)c(Cl)[nH]1. The second kappa shape index (κ2) is 5.73. The number of carbonyl (C=O) groups is 1. The van der Waals surface area contributed by atoms with E-state index in [9.17, 15) is 4.79 Å². The zero-order valence-corrected chi connectivity index (χ0v) is 10.9. The Morgan fingerprint density at radius 1 is 1.32 bits per heavy atom. The van der Waals surface area contributed by atoms with Crippen molar-refractivity contribution in [2.75, 3.05) is 0 Å². The molecule has 3 N–H and O–H groups in total. The molecule has 6 nitrogen and oxygen atoms in total. The van der Waals surface area contributed by atoms with E-state index in [0.29, 0.717) is 5.56 Å². The van der Waals surface area contributed by atoms with Gasteiger partial charge in [0.15, 0.2) is 11.0 Å². The van der Waals surface area contributed by atoms with Gasteiger partial charge in [-0.05, 0) is 12.1 Å². The molecule has 0 aliphatic rings. The van der Waals surface area contributed by atoms with Crippen LogP contribution in [0.1, 0.15) is 16.2 Å². The molecule has 8 heteroatoms. The Bertz CT molecular complexity index is 605. The fourth-order valence-corrected chi connectivity index (χ4v) is 1.48. The van der Waals surface area contributed by atoms with E-state index in [0.717, 1.165) is 0 Å². The first kappa shape index (κ1) is 13.4. The second-order valence-corrected chi connectivity index (χ2v) is 4.15. The summed E-state index contributed by atoms with van der Waals surface area (Å²) >= 11 is 11.3. The Balaban J connectivity index is 2.08. The van der Waals surface area contributed by atoms with E-state index >= 15 is 0 Å². The average molecular weight is 299 g/mol. The lowest BCUT2D eigenvalue weighted by Gasteiger charge is -1.98. The average Bonchev–Trinajstić information content (AvgIpc) is 2.77. The molecular weight excluding hydrogens is 291 g/mol. The van der Waals surface area contributed by atoms with Crippen molar-refractivity contribution in [1.29, 1.82) is 0 Å². The Morgan fingerprint density at radius 3 is 2.58 bits per heavy atom. The van der Waals surface area contributed by atoms with Gasteiger partial charge in [-0.1, -0.05) is 46.6 Å². The number of carbonyl (C=O) groups excluding carboxylic acids is 1. The van der Waals surface area contributed by atoms with Crippen molar-refractivity contribution in [3.05, 3.63) is 52.0 Å². The summed E-state index contributed by atoms with van der Waals surface area (Å²) in [5.74, 6) is -0.652. The molecule has 0 aliphatic carbocycles. The molecular formula is C11H8Cl2N4O2. The molecule has 0 fully saturated rings. The van der Waals surface area contributed by atoms with Crippen molar-refractivity contribution in [2.45, 2.75) is 0 Å². The van der Waals surface area contributed by atoms with E-state index in [-0.39, 0.29) is 22.0 Å². The summed E-state index contributed by atoms with van der Waals surface area (Å²) < 4.78 is 0. The molecule has 0 aliphatic heterocycles. The van der Waals surface area contributed by atoms with Crippen molar-refractivity contribution in [3.8, 4) is 0 Å². The maximum absolute atomic E-state index is 11.6. The zero-order chi connectivity index (χ0) is 13.8. The van der Waals surface area contributed by atoms with Crippen molar-refractivity contribution in [3.63, 3.8) is 0 Å². The van der Waals surface area contributed by atoms with E-state index < -0.39 is 5.97 Å². The van der Waals surface area contributed by atoms with Gasteiger partial charge < -0.3 is 15.6 Å². The minimum absolute atomic E-state index is 0.0594. The van der Waals surface area contributed by atoms with Crippen LogP contribution >= 0.6 is 23.2 Å². The highest BCUT2D eigenvalue weighted by molar-refractivity contribution is 6.40. The first-order valence-electron chi connectivity index (χ1n) is 5.09. The third kappa shape index (κ3) is 3.24. The molecule has 0 bridgehead atoms. The quantitative estimate of drug-likeness (QED) is 0.393. The number of nitrogens with zero attached hydrogens (tertiary/aromatic N) is 2. The van der Waals surface area contributed by atoms with Crippen molar-refractivity contribution in [2.24, 2.45) is 10.9 Å². The molecule has 19 heavy (non-hydrogen) atoms. The first-order valence-corrected chi connectivity index (χ1v) is 5.84. The molecule has 1 heterocycles. The van der Waals surface area contributed by atoms with Crippen LogP contribution in [0.4, 0.5) is 0 Å². The number of imidazole rings is 1. The van der Waals surface area contributed by atoms with Gasteiger partial charge in [0.1, 0.15) is 5.15 Å². The van der Waals surface area contributed by atoms with Gasteiger partial charge in [0.2, 0.25) is 5.84 Å². The van der Waals surface area contributed by atoms with Crippen molar-refractivity contribution < 1.29 is 9.63 Å². The molecule has 0 amide bonds. The summed E-state index contributed by atoms with van der Waals surface area (Å²) in [5, 5.41) is 3.65. The van der Waals surface area contributed by atoms with Crippen LogP contribution in [-0.4, -0.2) is 21.8 Å². The lowest BCUT2D eigenvalue weighted by Crippen LogP contribution is -2.17. The van der Waals surface area contributed by atoms with Crippen LogP contribution in [0.3, 0.4) is 0 Å². The molecule has 1 aromatic carbocycles. The highest BCUT2D eigenvalue weighted by Gasteiger charge is 2.11. The number of amidine groups is 1.